The number of rotatable bonds is 5. The van der Waals surface area contributed by atoms with Gasteiger partial charge in [0.05, 0.1) is 35.9 Å². The predicted octanol–water partition coefficient (Wildman–Crippen LogP) is 5.18. The molecule has 0 bridgehead atoms. The van der Waals surface area contributed by atoms with Crippen molar-refractivity contribution in [3.8, 4) is 11.5 Å². The van der Waals surface area contributed by atoms with Gasteiger partial charge in [-0.3, -0.25) is 0 Å². The molecule has 2 aliphatic heterocycles. The summed E-state index contributed by atoms with van der Waals surface area (Å²) in [5, 5.41) is 9.05. The molecule has 2 aliphatic rings. The van der Waals surface area contributed by atoms with Crippen molar-refractivity contribution < 1.29 is 19.0 Å². The first-order valence-corrected chi connectivity index (χ1v) is 11.1. The van der Waals surface area contributed by atoms with Gasteiger partial charge in [-0.05, 0) is 36.6 Å². The predicted molar refractivity (Wildman–Crippen MR) is 119 cm³/mol. The van der Waals surface area contributed by atoms with Crippen molar-refractivity contribution in [2.75, 3.05) is 13.7 Å². The van der Waals surface area contributed by atoms with Crippen LogP contribution in [-0.4, -0.2) is 30.4 Å². The van der Waals surface area contributed by atoms with Gasteiger partial charge in [-0.25, -0.2) is 9.80 Å². The van der Waals surface area contributed by atoms with Gasteiger partial charge in [0.1, 0.15) is 0 Å². The normalized spacial score (nSPS) is 19.2. The molecule has 1 aromatic heterocycles. The van der Waals surface area contributed by atoms with E-state index in [0.29, 0.717) is 12.2 Å². The molecular weight excluding hydrogens is 412 g/mol. The largest absolute Gasteiger partial charge is 0.490 e. The van der Waals surface area contributed by atoms with E-state index in [4.69, 9.17) is 19.3 Å². The van der Waals surface area contributed by atoms with E-state index in [2.05, 4.69) is 17.5 Å². The third-order valence-electron chi connectivity index (χ3n) is 5.50. The van der Waals surface area contributed by atoms with Crippen LogP contribution >= 0.6 is 11.3 Å². The van der Waals surface area contributed by atoms with Crippen molar-refractivity contribution in [2.24, 2.45) is 5.10 Å². The molecule has 0 saturated carbocycles. The van der Waals surface area contributed by atoms with E-state index in [1.54, 1.807) is 23.5 Å². The highest BCUT2D eigenvalue weighted by molar-refractivity contribution is 7.12. The molecule has 0 N–H and O–H groups in total. The molecule has 7 heteroatoms. The number of thiophene rings is 1. The van der Waals surface area contributed by atoms with Crippen LogP contribution in [0.2, 0.25) is 0 Å². The molecule has 5 rings (SSSR count). The van der Waals surface area contributed by atoms with E-state index in [9.17, 15) is 4.79 Å². The number of carbonyl (C=O) groups is 1. The standard InChI is InChI=1S/C24H22N2O4S/c1-3-29-20-7-4-6-17-19-14-18(21-8-5-13-31-21)25-26(19)23(30-22(17)20)15-9-11-16(12-10-15)24(27)28-2/h4-13,19,23H,3,14H2,1-2H3/t19-,23-/m0/s1. The van der Waals surface area contributed by atoms with Crippen LogP contribution in [0.3, 0.4) is 0 Å². The van der Waals surface area contributed by atoms with Gasteiger partial charge in [-0.1, -0.05) is 30.3 Å². The number of fused-ring (bicyclic) bond motifs is 3. The average molecular weight is 435 g/mol. The van der Waals surface area contributed by atoms with Gasteiger partial charge in [0.25, 0.3) is 0 Å². The number of hydrazone groups is 1. The molecule has 0 fully saturated rings. The zero-order valence-electron chi connectivity index (χ0n) is 17.3. The molecule has 0 aliphatic carbocycles. The van der Waals surface area contributed by atoms with Gasteiger partial charge in [-0.2, -0.15) is 5.10 Å². The quantitative estimate of drug-likeness (QED) is 0.518. The molecule has 3 aromatic rings. The number of para-hydroxylation sites is 1. The van der Waals surface area contributed by atoms with Crippen molar-refractivity contribution in [3.05, 3.63) is 81.5 Å². The first kappa shape index (κ1) is 19.6. The van der Waals surface area contributed by atoms with Gasteiger partial charge < -0.3 is 14.2 Å². The summed E-state index contributed by atoms with van der Waals surface area (Å²) in [6.07, 6.45) is 0.367. The highest BCUT2D eigenvalue weighted by Gasteiger charge is 2.42. The average Bonchev–Trinajstić information content (AvgIpc) is 3.49. The van der Waals surface area contributed by atoms with Gasteiger partial charge in [-0.15, -0.1) is 11.3 Å². The second kappa shape index (κ2) is 8.07. The molecule has 2 atom stereocenters. The molecule has 3 heterocycles. The van der Waals surface area contributed by atoms with E-state index >= 15 is 0 Å². The fourth-order valence-corrected chi connectivity index (χ4v) is 4.79. The molecular formula is C24H22N2O4S. The highest BCUT2D eigenvalue weighted by Crippen LogP contribution is 2.50. The Morgan fingerprint density at radius 2 is 2.03 bits per heavy atom. The van der Waals surface area contributed by atoms with E-state index in [1.807, 2.05) is 42.3 Å². The Balaban J connectivity index is 1.57. The zero-order chi connectivity index (χ0) is 21.4. The summed E-state index contributed by atoms with van der Waals surface area (Å²) in [5.74, 6) is 1.13. The first-order chi connectivity index (χ1) is 15.2. The molecule has 2 aromatic carbocycles. The fraction of sp³-hybridized carbons (Fsp3) is 0.250. The van der Waals surface area contributed by atoms with Crippen LogP contribution in [0.1, 0.15) is 52.0 Å². The number of hydrogen-bond acceptors (Lipinski definition) is 7. The minimum absolute atomic E-state index is 0.0477. The maximum atomic E-state index is 11.8. The minimum Gasteiger partial charge on any atom is -0.490 e. The number of esters is 1. The molecule has 0 amide bonds. The Morgan fingerprint density at radius 3 is 2.74 bits per heavy atom. The summed E-state index contributed by atoms with van der Waals surface area (Å²) in [7, 11) is 1.38. The van der Waals surface area contributed by atoms with Gasteiger partial charge in [0, 0.05) is 17.5 Å². The SMILES string of the molecule is CCOc1cccc2c1O[C@@H](c1ccc(C(=O)OC)cc1)N1N=C(c3cccs3)C[C@@H]21. The van der Waals surface area contributed by atoms with E-state index < -0.39 is 6.23 Å². The number of methoxy groups -OCH3 is 1. The minimum atomic E-state index is -0.428. The lowest BCUT2D eigenvalue weighted by Crippen LogP contribution is -2.34. The molecule has 158 valence electrons. The Morgan fingerprint density at radius 1 is 1.19 bits per heavy atom. The topological polar surface area (TPSA) is 60.4 Å². The smallest absolute Gasteiger partial charge is 0.337 e. The third kappa shape index (κ3) is 3.45. The maximum absolute atomic E-state index is 11.8. The van der Waals surface area contributed by atoms with E-state index in [1.165, 1.54) is 7.11 Å². The Hall–Kier alpha value is -3.32. The molecule has 0 radical (unpaired) electrons. The van der Waals surface area contributed by atoms with Crippen LogP contribution < -0.4 is 9.47 Å². The molecule has 0 saturated heterocycles. The second-order valence-electron chi connectivity index (χ2n) is 7.32. The summed E-state index contributed by atoms with van der Waals surface area (Å²) in [6.45, 7) is 2.52. The van der Waals surface area contributed by atoms with Crippen molar-refractivity contribution in [1.29, 1.82) is 0 Å². The van der Waals surface area contributed by atoms with Crippen molar-refractivity contribution in [2.45, 2.75) is 25.6 Å². The zero-order valence-corrected chi connectivity index (χ0v) is 18.1. The van der Waals surface area contributed by atoms with Crippen LogP contribution in [0.15, 0.2) is 65.1 Å². The Labute approximate surface area is 184 Å². The summed E-state index contributed by atoms with van der Waals surface area (Å²) in [6, 6.07) is 17.5. The maximum Gasteiger partial charge on any atom is 0.337 e. The van der Waals surface area contributed by atoms with Gasteiger partial charge >= 0.3 is 5.97 Å². The first-order valence-electron chi connectivity index (χ1n) is 10.2. The number of benzene rings is 2. The second-order valence-corrected chi connectivity index (χ2v) is 8.26. The lowest BCUT2D eigenvalue weighted by molar-refractivity contribution is -0.0212. The molecule has 0 spiro atoms. The summed E-state index contributed by atoms with van der Waals surface area (Å²) < 4.78 is 17.2. The van der Waals surface area contributed by atoms with Crippen LogP contribution in [0, 0.1) is 0 Å². The van der Waals surface area contributed by atoms with Gasteiger partial charge in [0.2, 0.25) is 6.23 Å². The third-order valence-corrected chi connectivity index (χ3v) is 6.42. The Bertz CT molecular complexity index is 1120. The monoisotopic (exact) mass is 434 g/mol. The van der Waals surface area contributed by atoms with Crippen molar-refractivity contribution in [1.82, 2.24) is 5.01 Å². The lowest BCUT2D eigenvalue weighted by Gasteiger charge is -2.38. The number of nitrogens with zero attached hydrogens (tertiary/aromatic N) is 2. The van der Waals surface area contributed by atoms with E-state index in [-0.39, 0.29) is 12.0 Å². The van der Waals surface area contributed by atoms with Crippen molar-refractivity contribution in [3.63, 3.8) is 0 Å². The highest BCUT2D eigenvalue weighted by atomic mass is 32.1. The summed E-state index contributed by atoms with van der Waals surface area (Å²) in [4.78, 5) is 13.0. The van der Waals surface area contributed by atoms with Crippen LogP contribution in [0.4, 0.5) is 0 Å². The van der Waals surface area contributed by atoms with Crippen molar-refractivity contribution >= 4 is 23.0 Å². The van der Waals surface area contributed by atoms with Crippen LogP contribution in [0.5, 0.6) is 11.5 Å². The molecule has 0 unspecified atom stereocenters. The summed E-state index contributed by atoms with van der Waals surface area (Å²) in [5.41, 5.74) is 3.53. The number of ether oxygens (including phenoxy) is 3. The van der Waals surface area contributed by atoms with Gasteiger partial charge in [0.15, 0.2) is 11.5 Å². The van der Waals surface area contributed by atoms with Crippen LogP contribution in [-0.2, 0) is 4.74 Å². The van der Waals surface area contributed by atoms with E-state index in [0.717, 1.165) is 39.6 Å². The lowest BCUT2D eigenvalue weighted by atomic mass is 9.97. The molecule has 6 nitrogen and oxygen atoms in total. The summed E-state index contributed by atoms with van der Waals surface area (Å²) >= 11 is 1.69. The number of carbonyl (C=O) groups excluding carboxylic acids is 1. The number of hydrogen-bond donors (Lipinski definition) is 0. The fourth-order valence-electron chi connectivity index (χ4n) is 4.07. The molecule has 31 heavy (non-hydrogen) atoms. The van der Waals surface area contributed by atoms with Crippen LogP contribution in [0.25, 0.3) is 0 Å². The Kier molecular flexibility index (Phi) is 5.11.